The molecule has 1 aromatic carbocycles. The summed E-state index contributed by atoms with van der Waals surface area (Å²) in [6.45, 7) is 7.04. The van der Waals surface area contributed by atoms with Crippen molar-refractivity contribution in [3.63, 3.8) is 0 Å². The number of hydrogen-bond donors (Lipinski definition) is 2. The predicted molar refractivity (Wildman–Crippen MR) is 76.1 cm³/mol. The average molecular weight is 260 g/mol. The van der Waals surface area contributed by atoms with Gasteiger partial charge in [0, 0.05) is 12.5 Å². The van der Waals surface area contributed by atoms with Gasteiger partial charge in [0.2, 0.25) is 5.91 Å². The Morgan fingerprint density at radius 3 is 2.16 bits per heavy atom. The van der Waals surface area contributed by atoms with Crippen molar-refractivity contribution in [2.45, 2.75) is 33.2 Å². The summed E-state index contributed by atoms with van der Waals surface area (Å²) in [6, 6.07) is 9.38. The Kier molecular flexibility index (Phi) is 4.87. The van der Waals surface area contributed by atoms with Gasteiger partial charge in [-0.25, -0.2) is 0 Å². The number of carbonyl (C=O) groups is 2. The molecule has 1 rings (SSSR count). The first-order chi connectivity index (χ1) is 8.78. The van der Waals surface area contributed by atoms with Crippen molar-refractivity contribution in [1.29, 1.82) is 0 Å². The standard InChI is InChI=1S/C15H20N2O2/c1-11(18)16-13(14(19)17-15(2,3)4)10-12-8-6-5-7-9-12/h5-10H,1-4H3,(H,16,18)(H,17,19)/b13-10-. The molecule has 0 aromatic heterocycles. The van der Waals surface area contributed by atoms with Crippen LogP contribution < -0.4 is 10.6 Å². The van der Waals surface area contributed by atoms with Gasteiger partial charge < -0.3 is 10.6 Å². The monoisotopic (exact) mass is 260 g/mol. The normalized spacial score (nSPS) is 11.9. The lowest BCUT2D eigenvalue weighted by Gasteiger charge is -2.21. The van der Waals surface area contributed by atoms with E-state index in [1.165, 1.54) is 6.92 Å². The van der Waals surface area contributed by atoms with Crippen LogP contribution in [-0.2, 0) is 9.59 Å². The summed E-state index contributed by atoms with van der Waals surface area (Å²) in [5.41, 5.74) is 0.745. The Hall–Kier alpha value is -2.10. The minimum atomic E-state index is -0.356. The van der Waals surface area contributed by atoms with Crippen molar-refractivity contribution in [1.82, 2.24) is 10.6 Å². The third-order valence-electron chi connectivity index (χ3n) is 2.15. The lowest BCUT2D eigenvalue weighted by molar-refractivity contribution is -0.123. The van der Waals surface area contributed by atoms with Crippen LogP contribution in [0.25, 0.3) is 6.08 Å². The fourth-order valence-corrected chi connectivity index (χ4v) is 1.47. The highest BCUT2D eigenvalue weighted by Gasteiger charge is 2.18. The number of nitrogens with one attached hydrogen (secondary N) is 2. The fraction of sp³-hybridized carbons (Fsp3) is 0.333. The summed E-state index contributed by atoms with van der Waals surface area (Å²) in [6.07, 6.45) is 1.66. The summed E-state index contributed by atoms with van der Waals surface area (Å²) in [4.78, 5) is 23.3. The van der Waals surface area contributed by atoms with Gasteiger partial charge in [-0.1, -0.05) is 30.3 Å². The predicted octanol–water partition coefficient (Wildman–Crippen LogP) is 2.08. The fourth-order valence-electron chi connectivity index (χ4n) is 1.47. The Morgan fingerprint density at radius 1 is 1.11 bits per heavy atom. The van der Waals surface area contributed by atoms with E-state index in [-0.39, 0.29) is 23.1 Å². The summed E-state index contributed by atoms with van der Waals surface area (Å²) in [5.74, 6) is -0.571. The Labute approximate surface area is 113 Å². The van der Waals surface area contributed by atoms with E-state index in [1.807, 2.05) is 51.1 Å². The van der Waals surface area contributed by atoms with Gasteiger partial charge in [0.25, 0.3) is 5.91 Å². The number of benzene rings is 1. The van der Waals surface area contributed by atoms with Crippen LogP contribution >= 0.6 is 0 Å². The maximum absolute atomic E-state index is 12.1. The van der Waals surface area contributed by atoms with Crippen molar-refractivity contribution < 1.29 is 9.59 Å². The molecule has 0 saturated heterocycles. The maximum atomic E-state index is 12.1. The highest BCUT2D eigenvalue weighted by Crippen LogP contribution is 2.07. The van der Waals surface area contributed by atoms with Crippen molar-refractivity contribution in [3.8, 4) is 0 Å². The van der Waals surface area contributed by atoms with E-state index >= 15 is 0 Å². The van der Waals surface area contributed by atoms with E-state index in [2.05, 4.69) is 10.6 Å². The minimum Gasteiger partial charge on any atom is -0.346 e. The van der Waals surface area contributed by atoms with E-state index in [0.29, 0.717) is 0 Å². The molecule has 0 radical (unpaired) electrons. The topological polar surface area (TPSA) is 58.2 Å². The summed E-state index contributed by atoms with van der Waals surface area (Å²) >= 11 is 0. The molecule has 0 heterocycles. The van der Waals surface area contributed by atoms with Crippen molar-refractivity contribution in [3.05, 3.63) is 41.6 Å². The van der Waals surface area contributed by atoms with Crippen LogP contribution in [0.4, 0.5) is 0 Å². The zero-order valence-electron chi connectivity index (χ0n) is 11.8. The molecule has 2 N–H and O–H groups in total. The maximum Gasteiger partial charge on any atom is 0.268 e. The summed E-state index contributed by atoms with van der Waals surface area (Å²) in [5, 5.41) is 5.38. The molecule has 0 saturated carbocycles. The largest absolute Gasteiger partial charge is 0.346 e. The summed E-state index contributed by atoms with van der Waals surface area (Å²) in [7, 11) is 0. The highest BCUT2D eigenvalue weighted by atomic mass is 16.2. The van der Waals surface area contributed by atoms with E-state index < -0.39 is 0 Å². The Morgan fingerprint density at radius 2 is 1.68 bits per heavy atom. The first kappa shape index (κ1) is 15.0. The van der Waals surface area contributed by atoms with Crippen LogP contribution in [-0.4, -0.2) is 17.4 Å². The second-order valence-corrected chi connectivity index (χ2v) is 5.35. The van der Waals surface area contributed by atoms with Crippen LogP contribution in [0.1, 0.15) is 33.3 Å². The smallest absolute Gasteiger partial charge is 0.268 e. The first-order valence-electron chi connectivity index (χ1n) is 6.15. The zero-order chi connectivity index (χ0) is 14.5. The second kappa shape index (κ2) is 6.18. The molecule has 1 aromatic rings. The molecule has 0 atom stereocenters. The van der Waals surface area contributed by atoms with Crippen LogP contribution in [0.15, 0.2) is 36.0 Å². The molecule has 0 fully saturated rings. The van der Waals surface area contributed by atoms with Crippen LogP contribution in [0, 0.1) is 0 Å². The van der Waals surface area contributed by atoms with E-state index in [1.54, 1.807) is 6.08 Å². The molecule has 0 aliphatic rings. The van der Waals surface area contributed by atoms with Crippen LogP contribution in [0.5, 0.6) is 0 Å². The van der Waals surface area contributed by atoms with Gasteiger partial charge in [0.05, 0.1) is 0 Å². The number of rotatable bonds is 3. The van der Waals surface area contributed by atoms with Crippen molar-refractivity contribution >= 4 is 17.9 Å². The van der Waals surface area contributed by atoms with Gasteiger partial charge in [-0.15, -0.1) is 0 Å². The molecule has 0 unspecified atom stereocenters. The van der Waals surface area contributed by atoms with Gasteiger partial charge in [-0.05, 0) is 32.4 Å². The SMILES string of the molecule is CC(=O)N/C(=C\c1ccccc1)C(=O)NC(C)(C)C. The lowest BCUT2D eigenvalue weighted by Crippen LogP contribution is -2.44. The van der Waals surface area contributed by atoms with E-state index in [4.69, 9.17) is 0 Å². The molecule has 2 amide bonds. The Balaban J connectivity index is 2.98. The quantitative estimate of drug-likeness (QED) is 0.817. The van der Waals surface area contributed by atoms with Gasteiger partial charge in [0.15, 0.2) is 0 Å². The third-order valence-corrected chi connectivity index (χ3v) is 2.15. The molecule has 19 heavy (non-hydrogen) atoms. The number of carbonyl (C=O) groups excluding carboxylic acids is 2. The van der Waals surface area contributed by atoms with E-state index in [0.717, 1.165) is 5.56 Å². The molecule has 0 aliphatic heterocycles. The second-order valence-electron chi connectivity index (χ2n) is 5.35. The van der Waals surface area contributed by atoms with Crippen LogP contribution in [0.2, 0.25) is 0 Å². The van der Waals surface area contributed by atoms with Crippen molar-refractivity contribution in [2.24, 2.45) is 0 Å². The number of amides is 2. The molecule has 0 aliphatic carbocycles. The molecule has 4 heteroatoms. The molecule has 0 spiro atoms. The minimum absolute atomic E-state index is 0.244. The van der Waals surface area contributed by atoms with Gasteiger partial charge in [-0.2, -0.15) is 0 Å². The summed E-state index contributed by atoms with van der Waals surface area (Å²) < 4.78 is 0. The molecule has 4 nitrogen and oxygen atoms in total. The third kappa shape index (κ3) is 5.86. The van der Waals surface area contributed by atoms with Crippen molar-refractivity contribution in [2.75, 3.05) is 0 Å². The molecular weight excluding hydrogens is 240 g/mol. The van der Waals surface area contributed by atoms with Gasteiger partial charge in [-0.3, -0.25) is 9.59 Å². The van der Waals surface area contributed by atoms with Gasteiger partial charge in [0.1, 0.15) is 5.70 Å². The Bertz CT molecular complexity index is 485. The lowest BCUT2D eigenvalue weighted by atomic mass is 10.1. The first-order valence-corrected chi connectivity index (χ1v) is 6.15. The van der Waals surface area contributed by atoms with E-state index in [9.17, 15) is 9.59 Å². The molecule has 102 valence electrons. The highest BCUT2D eigenvalue weighted by molar-refractivity contribution is 6.01. The number of hydrogen-bond acceptors (Lipinski definition) is 2. The van der Waals surface area contributed by atoms with Gasteiger partial charge >= 0.3 is 0 Å². The molecular formula is C15H20N2O2. The average Bonchev–Trinajstić information content (AvgIpc) is 2.26. The molecule has 0 bridgehead atoms. The van der Waals surface area contributed by atoms with Crippen LogP contribution in [0.3, 0.4) is 0 Å². The zero-order valence-corrected chi connectivity index (χ0v) is 11.8.